The van der Waals surface area contributed by atoms with Crippen molar-refractivity contribution in [2.24, 2.45) is 0 Å². The lowest BCUT2D eigenvalue weighted by atomic mass is 10.4. The van der Waals surface area contributed by atoms with Gasteiger partial charge in [0.2, 0.25) is 5.91 Å². The van der Waals surface area contributed by atoms with Crippen molar-refractivity contribution in [2.45, 2.75) is 18.2 Å². The van der Waals surface area contributed by atoms with Crippen molar-refractivity contribution in [2.75, 3.05) is 11.1 Å². The number of hydrogen-bond acceptors (Lipinski definition) is 4. The highest BCUT2D eigenvalue weighted by atomic mass is 35.5. The second-order valence-corrected chi connectivity index (χ2v) is 6.02. The molecule has 0 spiro atoms. The summed E-state index contributed by atoms with van der Waals surface area (Å²) in [6.45, 7) is 1.76. The number of benzene rings is 1. The Morgan fingerprint density at radius 3 is 2.90 bits per heavy atom. The van der Waals surface area contributed by atoms with E-state index in [2.05, 4.69) is 10.5 Å². The van der Waals surface area contributed by atoms with Crippen LogP contribution in [0.2, 0.25) is 10.0 Å². The van der Waals surface area contributed by atoms with Gasteiger partial charge in [-0.3, -0.25) is 4.79 Å². The summed E-state index contributed by atoms with van der Waals surface area (Å²) >= 11 is 13.4. The lowest BCUT2D eigenvalue weighted by molar-refractivity contribution is -0.115. The molecule has 1 aromatic carbocycles. The van der Waals surface area contributed by atoms with Gasteiger partial charge in [0.25, 0.3) is 0 Å². The van der Waals surface area contributed by atoms with Crippen molar-refractivity contribution >= 4 is 46.7 Å². The average Bonchev–Trinajstić information content (AvgIpc) is 2.79. The molecule has 4 nitrogen and oxygen atoms in total. The number of amides is 1. The second kappa shape index (κ2) is 7.02. The van der Waals surface area contributed by atoms with E-state index in [0.717, 1.165) is 4.90 Å². The molecule has 1 N–H and O–H groups in total. The molecule has 106 valence electrons. The monoisotopic (exact) mass is 330 g/mol. The Bertz CT molecular complexity index is 616. The second-order valence-electron chi connectivity index (χ2n) is 4.04. The standard InChI is InChI=1S/C13H12Cl2N2O2S/c1-8-6-12(17-19-8)16-13(18)4-5-20-11-7-9(14)2-3-10(11)15/h2-3,6-7H,4-5H2,1H3,(H,16,17,18). The summed E-state index contributed by atoms with van der Waals surface area (Å²) in [6, 6.07) is 6.92. The topological polar surface area (TPSA) is 55.1 Å². The molecule has 1 aromatic heterocycles. The Kier molecular flexibility index (Phi) is 5.34. The van der Waals surface area contributed by atoms with Crippen LogP contribution in [0.15, 0.2) is 33.7 Å². The molecule has 2 rings (SSSR count). The number of rotatable bonds is 5. The maximum Gasteiger partial charge on any atom is 0.226 e. The van der Waals surface area contributed by atoms with Crippen LogP contribution in [0.5, 0.6) is 0 Å². The summed E-state index contributed by atoms with van der Waals surface area (Å²) in [6.07, 6.45) is 0.347. The average molecular weight is 331 g/mol. The summed E-state index contributed by atoms with van der Waals surface area (Å²) in [5.74, 6) is 1.56. The van der Waals surface area contributed by atoms with E-state index in [1.54, 1.807) is 31.2 Å². The van der Waals surface area contributed by atoms with Crippen LogP contribution in [0.4, 0.5) is 5.82 Å². The highest BCUT2D eigenvalue weighted by molar-refractivity contribution is 7.99. The van der Waals surface area contributed by atoms with Gasteiger partial charge in [-0.15, -0.1) is 11.8 Å². The van der Waals surface area contributed by atoms with Gasteiger partial charge in [0.15, 0.2) is 5.82 Å². The van der Waals surface area contributed by atoms with Crippen LogP contribution in [0.3, 0.4) is 0 Å². The Labute approximate surface area is 130 Å². The number of hydrogen-bond donors (Lipinski definition) is 1. The van der Waals surface area contributed by atoms with Gasteiger partial charge in [-0.05, 0) is 25.1 Å². The van der Waals surface area contributed by atoms with E-state index in [0.29, 0.717) is 33.8 Å². The lowest BCUT2D eigenvalue weighted by Crippen LogP contribution is -2.12. The van der Waals surface area contributed by atoms with Crippen molar-refractivity contribution in [3.8, 4) is 0 Å². The molecule has 1 amide bonds. The van der Waals surface area contributed by atoms with Crippen LogP contribution in [0.25, 0.3) is 0 Å². The Morgan fingerprint density at radius 2 is 2.20 bits per heavy atom. The molecule has 1 heterocycles. The van der Waals surface area contributed by atoms with E-state index in [1.165, 1.54) is 11.8 Å². The molecule has 0 aliphatic heterocycles. The number of aromatic nitrogens is 1. The third-order valence-corrected chi connectivity index (χ3v) is 4.11. The number of halogens is 2. The maximum atomic E-state index is 11.7. The van der Waals surface area contributed by atoms with Gasteiger partial charge in [-0.25, -0.2) is 0 Å². The van der Waals surface area contributed by atoms with E-state index in [-0.39, 0.29) is 5.91 Å². The number of aryl methyl sites for hydroxylation is 1. The van der Waals surface area contributed by atoms with Crippen LogP contribution in [-0.4, -0.2) is 16.8 Å². The number of nitrogens with zero attached hydrogens (tertiary/aromatic N) is 1. The molecule has 0 saturated carbocycles. The number of carbonyl (C=O) groups excluding carboxylic acids is 1. The minimum Gasteiger partial charge on any atom is -0.360 e. The zero-order valence-corrected chi connectivity index (χ0v) is 13.0. The third-order valence-electron chi connectivity index (χ3n) is 2.38. The highest BCUT2D eigenvalue weighted by Gasteiger charge is 2.08. The minimum absolute atomic E-state index is 0.121. The molecule has 0 unspecified atom stereocenters. The Hall–Kier alpha value is -1.17. The van der Waals surface area contributed by atoms with Crippen LogP contribution in [0, 0.1) is 6.92 Å². The Morgan fingerprint density at radius 1 is 1.40 bits per heavy atom. The third kappa shape index (κ3) is 4.44. The van der Waals surface area contributed by atoms with Gasteiger partial charge in [0, 0.05) is 28.2 Å². The maximum absolute atomic E-state index is 11.7. The normalized spacial score (nSPS) is 10.6. The van der Waals surface area contributed by atoms with E-state index >= 15 is 0 Å². The fourth-order valence-corrected chi connectivity index (χ4v) is 2.91. The van der Waals surface area contributed by atoms with Crippen LogP contribution in [0.1, 0.15) is 12.2 Å². The molecular formula is C13H12Cl2N2O2S. The quantitative estimate of drug-likeness (QED) is 0.825. The number of carbonyl (C=O) groups is 1. The molecule has 0 atom stereocenters. The van der Waals surface area contributed by atoms with E-state index in [1.807, 2.05) is 0 Å². The number of anilines is 1. The summed E-state index contributed by atoms with van der Waals surface area (Å²) in [7, 11) is 0. The van der Waals surface area contributed by atoms with E-state index in [4.69, 9.17) is 27.7 Å². The van der Waals surface area contributed by atoms with Crippen molar-refractivity contribution in [3.63, 3.8) is 0 Å². The predicted molar refractivity (Wildman–Crippen MR) is 81.7 cm³/mol. The molecule has 0 bridgehead atoms. The first-order chi connectivity index (χ1) is 9.54. The Balaban J connectivity index is 1.80. The zero-order valence-electron chi connectivity index (χ0n) is 10.7. The fourth-order valence-electron chi connectivity index (χ4n) is 1.47. The van der Waals surface area contributed by atoms with Gasteiger partial charge in [0.1, 0.15) is 5.76 Å². The molecule has 20 heavy (non-hydrogen) atoms. The molecule has 2 aromatic rings. The number of thioether (sulfide) groups is 1. The molecule has 7 heteroatoms. The molecule has 0 radical (unpaired) electrons. The van der Waals surface area contributed by atoms with Crippen molar-refractivity contribution < 1.29 is 9.32 Å². The molecule has 0 fully saturated rings. The van der Waals surface area contributed by atoms with E-state index in [9.17, 15) is 4.79 Å². The number of nitrogens with one attached hydrogen (secondary N) is 1. The SMILES string of the molecule is Cc1cc(NC(=O)CCSc2cc(Cl)ccc2Cl)no1. The first-order valence-corrected chi connectivity index (χ1v) is 7.60. The summed E-state index contributed by atoms with van der Waals surface area (Å²) in [4.78, 5) is 12.6. The van der Waals surface area contributed by atoms with Crippen LogP contribution >= 0.6 is 35.0 Å². The first-order valence-electron chi connectivity index (χ1n) is 5.85. The fraction of sp³-hybridized carbons (Fsp3) is 0.231. The van der Waals surface area contributed by atoms with Crippen LogP contribution < -0.4 is 5.32 Å². The van der Waals surface area contributed by atoms with Crippen molar-refractivity contribution in [1.29, 1.82) is 0 Å². The smallest absolute Gasteiger partial charge is 0.226 e. The lowest BCUT2D eigenvalue weighted by Gasteiger charge is -2.04. The van der Waals surface area contributed by atoms with Crippen molar-refractivity contribution in [3.05, 3.63) is 40.1 Å². The van der Waals surface area contributed by atoms with Gasteiger partial charge in [-0.2, -0.15) is 0 Å². The summed E-state index contributed by atoms with van der Waals surface area (Å²) in [5, 5.41) is 7.61. The highest BCUT2D eigenvalue weighted by Crippen LogP contribution is 2.30. The molecule has 0 aliphatic rings. The molecule has 0 aliphatic carbocycles. The van der Waals surface area contributed by atoms with Crippen LogP contribution in [-0.2, 0) is 4.79 Å². The van der Waals surface area contributed by atoms with Gasteiger partial charge in [0.05, 0.1) is 5.02 Å². The largest absolute Gasteiger partial charge is 0.360 e. The van der Waals surface area contributed by atoms with Gasteiger partial charge in [-0.1, -0.05) is 28.4 Å². The van der Waals surface area contributed by atoms with Gasteiger partial charge >= 0.3 is 0 Å². The van der Waals surface area contributed by atoms with Gasteiger partial charge < -0.3 is 9.84 Å². The zero-order chi connectivity index (χ0) is 14.5. The summed E-state index contributed by atoms with van der Waals surface area (Å²) < 4.78 is 4.87. The summed E-state index contributed by atoms with van der Waals surface area (Å²) in [5.41, 5.74) is 0. The van der Waals surface area contributed by atoms with E-state index < -0.39 is 0 Å². The molecular weight excluding hydrogens is 319 g/mol. The molecule has 0 saturated heterocycles. The first kappa shape index (κ1) is 15.2. The minimum atomic E-state index is -0.121. The predicted octanol–water partition coefficient (Wildman–Crippen LogP) is 4.41. The van der Waals surface area contributed by atoms with Crippen molar-refractivity contribution in [1.82, 2.24) is 5.16 Å².